The van der Waals surface area contributed by atoms with Gasteiger partial charge in [0.25, 0.3) is 0 Å². The molecule has 4 rings (SSSR count). The molecule has 1 heterocycles. The Morgan fingerprint density at radius 3 is 2.48 bits per heavy atom. The van der Waals surface area contributed by atoms with Crippen LogP contribution in [0.15, 0.2) is 54.6 Å². The summed E-state index contributed by atoms with van der Waals surface area (Å²) in [4.78, 5) is 2.25. The molecule has 0 aliphatic heterocycles. The number of hydrogen-bond acceptors (Lipinski definition) is 5. The Morgan fingerprint density at radius 2 is 1.82 bits per heavy atom. The van der Waals surface area contributed by atoms with Gasteiger partial charge in [-0.2, -0.15) is 5.10 Å². The standard InChI is InChI=1S/C26H32FN3O3/c1-18(2)32-17-22(31)15-29(20-13-14-20)16-23-19(3)28-30(21-9-5-4-6-10-21)26(23)33-25-12-8-7-11-24(25)27/h4-12,18,20,22,31H,13-17H2,1-3H3/t22-/m0/s1. The van der Waals surface area contributed by atoms with E-state index in [0.29, 0.717) is 31.6 Å². The molecule has 6 nitrogen and oxygen atoms in total. The molecule has 33 heavy (non-hydrogen) atoms. The average molecular weight is 454 g/mol. The maximum absolute atomic E-state index is 14.5. The van der Waals surface area contributed by atoms with Gasteiger partial charge < -0.3 is 14.6 Å². The minimum Gasteiger partial charge on any atom is -0.435 e. The first-order valence-corrected chi connectivity index (χ1v) is 11.5. The van der Waals surface area contributed by atoms with Gasteiger partial charge in [0.2, 0.25) is 5.88 Å². The number of halogens is 1. The SMILES string of the molecule is Cc1nn(-c2ccccc2)c(Oc2ccccc2F)c1CN(C[C@H](O)COC(C)C)C1CC1. The normalized spacial score (nSPS) is 14.8. The summed E-state index contributed by atoms with van der Waals surface area (Å²) in [5, 5.41) is 15.3. The highest BCUT2D eigenvalue weighted by atomic mass is 19.1. The van der Waals surface area contributed by atoms with E-state index in [1.165, 1.54) is 6.07 Å². The summed E-state index contributed by atoms with van der Waals surface area (Å²) < 4.78 is 27.9. The highest BCUT2D eigenvalue weighted by Crippen LogP contribution is 2.35. The molecule has 7 heteroatoms. The first-order chi connectivity index (χ1) is 15.9. The molecular weight excluding hydrogens is 421 g/mol. The summed E-state index contributed by atoms with van der Waals surface area (Å²) in [7, 11) is 0. The summed E-state index contributed by atoms with van der Waals surface area (Å²) in [5.41, 5.74) is 2.52. The van der Waals surface area contributed by atoms with Crippen molar-refractivity contribution in [3.8, 4) is 17.3 Å². The van der Waals surface area contributed by atoms with Crippen molar-refractivity contribution < 1.29 is 19.0 Å². The van der Waals surface area contributed by atoms with E-state index >= 15 is 0 Å². The van der Waals surface area contributed by atoms with Crippen molar-refractivity contribution in [2.24, 2.45) is 0 Å². The summed E-state index contributed by atoms with van der Waals surface area (Å²) in [5.74, 6) is 0.212. The van der Waals surface area contributed by atoms with Crippen LogP contribution in [0.5, 0.6) is 11.6 Å². The van der Waals surface area contributed by atoms with Crippen molar-refractivity contribution in [3.63, 3.8) is 0 Å². The Morgan fingerprint density at radius 1 is 1.12 bits per heavy atom. The molecule has 1 N–H and O–H groups in total. The van der Waals surface area contributed by atoms with E-state index < -0.39 is 11.9 Å². The topological polar surface area (TPSA) is 59.8 Å². The van der Waals surface area contributed by atoms with Gasteiger partial charge in [-0.05, 0) is 57.9 Å². The molecule has 0 amide bonds. The zero-order chi connectivity index (χ0) is 23.4. The predicted octanol–water partition coefficient (Wildman–Crippen LogP) is 4.86. The Kier molecular flexibility index (Phi) is 7.42. The molecule has 1 fully saturated rings. The second kappa shape index (κ2) is 10.5. The fourth-order valence-corrected chi connectivity index (χ4v) is 3.81. The van der Waals surface area contributed by atoms with Crippen molar-refractivity contribution in [1.82, 2.24) is 14.7 Å². The number of rotatable bonds is 11. The number of aryl methyl sites for hydroxylation is 1. The highest BCUT2D eigenvalue weighted by Gasteiger charge is 2.33. The quantitative estimate of drug-likeness (QED) is 0.449. The van der Waals surface area contributed by atoms with E-state index in [0.717, 1.165) is 29.8 Å². The minimum absolute atomic E-state index is 0.0705. The molecule has 1 aliphatic rings. The molecule has 0 radical (unpaired) electrons. The Hall–Kier alpha value is -2.74. The van der Waals surface area contributed by atoms with Crippen LogP contribution in [-0.2, 0) is 11.3 Å². The smallest absolute Gasteiger partial charge is 0.227 e. The van der Waals surface area contributed by atoms with Gasteiger partial charge in [0.15, 0.2) is 11.6 Å². The van der Waals surface area contributed by atoms with Crippen molar-refractivity contribution in [2.75, 3.05) is 13.2 Å². The van der Waals surface area contributed by atoms with E-state index in [2.05, 4.69) is 4.90 Å². The van der Waals surface area contributed by atoms with Crippen molar-refractivity contribution in [1.29, 1.82) is 0 Å². The van der Waals surface area contributed by atoms with Crippen molar-refractivity contribution in [3.05, 3.63) is 71.7 Å². The fourth-order valence-electron chi connectivity index (χ4n) is 3.81. The Bertz CT molecular complexity index is 1050. The van der Waals surface area contributed by atoms with Gasteiger partial charge in [-0.1, -0.05) is 30.3 Å². The fraction of sp³-hybridized carbons (Fsp3) is 0.423. The molecule has 2 aromatic carbocycles. The van der Waals surface area contributed by atoms with Crippen molar-refractivity contribution in [2.45, 2.75) is 58.4 Å². The number of nitrogens with zero attached hydrogens (tertiary/aromatic N) is 3. The third-order valence-electron chi connectivity index (χ3n) is 5.67. The molecule has 0 bridgehead atoms. The number of ether oxygens (including phenoxy) is 2. The zero-order valence-electron chi connectivity index (χ0n) is 19.4. The summed E-state index contributed by atoms with van der Waals surface area (Å²) in [6, 6.07) is 16.5. The van der Waals surface area contributed by atoms with Crippen LogP contribution in [0.2, 0.25) is 0 Å². The minimum atomic E-state index is -0.589. The summed E-state index contributed by atoms with van der Waals surface area (Å²) >= 11 is 0. The van der Waals surface area contributed by atoms with Gasteiger partial charge in [0, 0.05) is 19.1 Å². The lowest BCUT2D eigenvalue weighted by Gasteiger charge is -2.25. The lowest BCUT2D eigenvalue weighted by Crippen LogP contribution is -2.36. The van der Waals surface area contributed by atoms with Gasteiger partial charge in [-0.3, -0.25) is 4.90 Å². The van der Waals surface area contributed by atoms with Gasteiger partial charge >= 0.3 is 0 Å². The highest BCUT2D eigenvalue weighted by molar-refractivity contribution is 5.43. The van der Waals surface area contributed by atoms with Crippen LogP contribution in [0, 0.1) is 12.7 Å². The second-order valence-corrected chi connectivity index (χ2v) is 8.85. The van der Waals surface area contributed by atoms with E-state index in [9.17, 15) is 9.50 Å². The van der Waals surface area contributed by atoms with Crippen molar-refractivity contribution >= 4 is 0 Å². The largest absolute Gasteiger partial charge is 0.435 e. The van der Waals surface area contributed by atoms with Crippen LogP contribution in [-0.4, -0.2) is 51.2 Å². The molecule has 176 valence electrons. The van der Waals surface area contributed by atoms with Crippen LogP contribution < -0.4 is 4.74 Å². The maximum Gasteiger partial charge on any atom is 0.227 e. The maximum atomic E-state index is 14.5. The molecule has 1 atom stereocenters. The van der Waals surface area contributed by atoms with E-state index in [1.807, 2.05) is 51.1 Å². The average Bonchev–Trinajstić information content (AvgIpc) is 3.60. The Balaban J connectivity index is 1.65. The summed E-state index contributed by atoms with van der Waals surface area (Å²) in [6.07, 6.45) is 1.66. The van der Waals surface area contributed by atoms with Crippen LogP contribution >= 0.6 is 0 Å². The van der Waals surface area contributed by atoms with Gasteiger partial charge in [-0.25, -0.2) is 9.07 Å². The van der Waals surface area contributed by atoms with Crippen LogP contribution in [0.4, 0.5) is 4.39 Å². The third-order valence-corrected chi connectivity index (χ3v) is 5.67. The van der Waals surface area contributed by atoms with Gasteiger partial charge in [0.1, 0.15) is 0 Å². The van der Waals surface area contributed by atoms with E-state index in [1.54, 1.807) is 22.9 Å². The predicted molar refractivity (Wildman–Crippen MR) is 125 cm³/mol. The first kappa shape index (κ1) is 23.4. The van der Waals surface area contributed by atoms with Crippen LogP contribution in [0.1, 0.15) is 37.9 Å². The molecule has 1 saturated carbocycles. The molecule has 1 aromatic heterocycles. The monoisotopic (exact) mass is 453 g/mol. The van der Waals surface area contributed by atoms with E-state index in [-0.39, 0.29) is 11.9 Å². The van der Waals surface area contributed by atoms with Gasteiger partial charge in [0.05, 0.1) is 35.8 Å². The molecule has 0 saturated heterocycles. The lowest BCUT2D eigenvalue weighted by atomic mass is 10.2. The Labute approximate surface area is 194 Å². The summed E-state index contributed by atoms with van der Waals surface area (Å²) in [6.45, 7) is 7.19. The lowest BCUT2D eigenvalue weighted by molar-refractivity contribution is -0.0107. The molecular formula is C26H32FN3O3. The third kappa shape index (κ3) is 5.99. The second-order valence-electron chi connectivity index (χ2n) is 8.85. The van der Waals surface area contributed by atoms with Crippen LogP contribution in [0.3, 0.4) is 0 Å². The van der Waals surface area contributed by atoms with E-state index in [4.69, 9.17) is 14.6 Å². The van der Waals surface area contributed by atoms with Crippen LogP contribution in [0.25, 0.3) is 5.69 Å². The molecule has 3 aromatic rings. The first-order valence-electron chi connectivity index (χ1n) is 11.5. The molecule has 1 aliphatic carbocycles. The van der Waals surface area contributed by atoms with Gasteiger partial charge in [-0.15, -0.1) is 0 Å². The number of aromatic nitrogens is 2. The molecule has 0 spiro atoms. The zero-order valence-corrected chi connectivity index (χ0v) is 19.4. The number of aliphatic hydroxyl groups is 1. The number of aliphatic hydroxyl groups excluding tert-OH is 1. The number of benzene rings is 2. The molecule has 0 unspecified atom stereocenters. The number of hydrogen-bond donors (Lipinski definition) is 1. The number of para-hydroxylation sites is 2.